The number of benzene rings is 1. The number of carbonyl (C=O) groups excluding carboxylic acids is 2. The number of hydrogen-bond acceptors (Lipinski definition) is 4. The molecule has 7 nitrogen and oxygen atoms in total. The third kappa shape index (κ3) is 3.74. The highest BCUT2D eigenvalue weighted by molar-refractivity contribution is 6.03. The number of methoxy groups -OCH3 is 1. The van der Waals surface area contributed by atoms with Crippen molar-refractivity contribution < 1.29 is 14.3 Å². The lowest BCUT2D eigenvalue weighted by Crippen LogP contribution is -2.33. The zero-order valence-corrected chi connectivity index (χ0v) is 16.2. The topological polar surface area (TPSA) is 85.2 Å². The number of amides is 2. The number of hydrogen-bond donors (Lipinski definition) is 2. The van der Waals surface area contributed by atoms with Crippen molar-refractivity contribution in [3.05, 3.63) is 41.5 Å². The second-order valence-electron chi connectivity index (χ2n) is 7.48. The molecule has 0 spiro atoms. The van der Waals surface area contributed by atoms with Crippen molar-refractivity contribution in [2.45, 2.75) is 57.5 Å². The Morgan fingerprint density at radius 1 is 1.14 bits per heavy atom. The van der Waals surface area contributed by atoms with E-state index in [1.807, 2.05) is 16.7 Å². The Labute approximate surface area is 164 Å². The molecular weight excluding hydrogens is 356 g/mol. The van der Waals surface area contributed by atoms with E-state index >= 15 is 0 Å². The van der Waals surface area contributed by atoms with Gasteiger partial charge in [0.15, 0.2) is 5.82 Å². The number of anilines is 1. The summed E-state index contributed by atoms with van der Waals surface area (Å²) in [4.78, 5) is 30.2. The van der Waals surface area contributed by atoms with Crippen LogP contribution >= 0.6 is 0 Å². The highest BCUT2D eigenvalue weighted by atomic mass is 16.5. The summed E-state index contributed by atoms with van der Waals surface area (Å²) in [6.07, 6.45) is 7.10. The summed E-state index contributed by atoms with van der Waals surface area (Å²) in [5.74, 6) is 0.503. The predicted molar refractivity (Wildman–Crippen MR) is 106 cm³/mol. The second-order valence-corrected chi connectivity index (χ2v) is 7.48. The molecule has 0 saturated heterocycles. The van der Waals surface area contributed by atoms with E-state index in [0.717, 1.165) is 50.6 Å². The number of ether oxygens (including phenoxy) is 1. The Bertz CT molecular complexity index is 884. The van der Waals surface area contributed by atoms with Gasteiger partial charge in [0, 0.05) is 24.3 Å². The summed E-state index contributed by atoms with van der Waals surface area (Å²) >= 11 is 0. The lowest BCUT2D eigenvalue weighted by Gasteiger charge is -2.17. The smallest absolute Gasteiger partial charge is 0.291 e. The molecule has 0 bridgehead atoms. The van der Waals surface area contributed by atoms with Crippen LogP contribution in [-0.2, 0) is 13.0 Å². The molecule has 2 amide bonds. The lowest BCUT2D eigenvalue weighted by molar-refractivity contribution is 0.0931. The molecule has 0 atom stereocenters. The third-order valence-corrected chi connectivity index (χ3v) is 5.55. The summed E-state index contributed by atoms with van der Waals surface area (Å²) in [7, 11) is 1.58. The molecule has 1 aromatic heterocycles. The number of nitrogens with one attached hydrogen (secondary N) is 2. The standard InChI is InChI=1S/C21H26N4O3/c1-28-16-10-6-9-15(13-16)23-21(27)19-24-18(17-11-4-5-12-25(17)19)20(26)22-14-7-2-3-8-14/h6,9-10,13-14H,2-5,7-8,11-12H2,1H3,(H,22,26)(H,23,27). The van der Waals surface area contributed by atoms with E-state index in [2.05, 4.69) is 15.6 Å². The van der Waals surface area contributed by atoms with Crippen LogP contribution in [0.2, 0.25) is 0 Å². The summed E-state index contributed by atoms with van der Waals surface area (Å²) < 4.78 is 7.11. The quantitative estimate of drug-likeness (QED) is 0.832. The van der Waals surface area contributed by atoms with Gasteiger partial charge in [0.1, 0.15) is 11.4 Å². The molecule has 7 heteroatoms. The van der Waals surface area contributed by atoms with E-state index < -0.39 is 0 Å². The van der Waals surface area contributed by atoms with Crippen molar-refractivity contribution in [1.82, 2.24) is 14.9 Å². The van der Waals surface area contributed by atoms with E-state index in [9.17, 15) is 9.59 Å². The van der Waals surface area contributed by atoms with Gasteiger partial charge in [-0.3, -0.25) is 9.59 Å². The molecule has 1 aliphatic carbocycles. The lowest BCUT2D eigenvalue weighted by atomic mass is 10.1. The first kappa shape index (κ1) is 18.5. The van der Waals surface area contributed by atoms with Gasteiger partial charge in [-0.15, -0.1) is 0 Å². The van der Waals surface area contributed by atoms with Crippen molar-refractivity contribution in [3.63, 3.8) is 0 Å². The molecule has 148 valence electrons. The molecule has 0 radical (unpaired) electrons. The van der Waals surface area contributed by atoms with Crippen LogP contribution < -0.4 is 15.4 Å². The fraction of sp³-hybridized carbons (Fsp3) is 0.476. The van der Waals surface area contributed by atoms with Crippen LogP contribution in [0.3, 0.4) is 0 Å². The van der Waals surface area contributed by atoms with Crippen molar-refractivity contribution in [3.8, 4) is 5.75 Å². The van der Waals surface area contributed by atoms with E-state index in [0.29, 0.717) is 29.5 Å². The van der Waals surface area contributed by atoms with Crippen molar-refractivity contribution in [1.29, 1.82) is 0 Å². The first-order valence-electron chi connectivity index (χ1n) is 10.0. The van der Waals surface area contributed by atoms with Gasteiger partial charge in [0.2, 0.25) is 0 Å². The van der Waals surface area contributed by atoms with Crippen LogP contribution in [0.5, 0.6) is 5.75 Å². The number of imidazole rings is 1. The van der Waals surface area contributed by atoms with E-state index in [-0.39, 0.29) is 17.9 Å². The van der Waals surface area contributed by atoms with E-state index in [1.165, 1.54) is 0 Å². The highest BCUT2D eigenvalue weighted by Gasteiger charge is 2.29. The molecule has 28 heavy (non-hydrogen) atoms. The van der Waals surface area contributed by atoms with Crippen LogP contribution in [0.4, 0.5) is 5.69 Å². The number of rotatable bonds is 5. The van der Waals surface area contributed by atoms with Gasteiger partial charge < -0.3 is 19.9 Å². The maximum absolute atomic E-state index is 12.9. The van der Waals surface area contributed by atoms with Crippen LogP contribution in [-0.4, -0.2) is 34.5 Å². The van der Waals surface area contributed by atoms with Crippen LogP contribution in [0.1, 0.15) is 65.3 Å². The largest absolute Gasteiger partial charge is 0.497 e. The summed E-state index contributed by atoms with van der Waals surface area (Å²) in [5.41, 5.74) is 1.91. The minimum Gasteiger partial charge on any atom is -0.497 e. The van der Waals surface area contributed by atoms with Gasteiger partial charge in [-0.05, 0) is 44.2 Å². The van der Waals surface area contributed by atoms with Gasteiger partial charge in [-0.2, -0.15) is 0 Å². The van der Waals surface area contributed by atoms with Crippen molar-refractivity contribution in [2.24, 2.45) is 0 Å². The molecule has 2 N–H and O–H groups in total. The van der Waals surface area contributed by atoms with E-state index in [4.69, 9.17) is 4.74 Å². The Hall–Kier alpha value is -2.83. The number of aromatic nitrogens is 2. The molecule has 1 aromatic carbocycles. The SMILES string of the molecule is COc1cccc(NC(=O)c2nc(C(=O)NC3CCCC3)c3n2CCCC3)c1. The maximum Gasteiger partial charge on any atom is 0.291 e. The van der Waals surface area contributed by atoms with Gasteiger partial charge in [0.05, 0.1) is 12.8 Å². The molecule has 1 aliphatic heterocycles. The molecule has 2 aliphatic rings. The third-order valence-electron chi connectivity index (χ3n) is 5.55. The van der Waals surface area contributed by atoms with E-state index in [1.54, 1.807) is 19.2 Å². The summed E-state index contributed by atoms with van der Waals surface area (Å²) in [6.45, 7) is 0.708. The van der Waals surface area contributed by atoms with Crippen LogP contribution in [0.15, 0.2) is 24.3 Å². The first-order chi connectivity index (χ1) is 13.7. The molecule has 1 fully saturated rings. The monoisotopic (exact) mass is 382 g/mol. The average Bonchev–Trinajstić information content (AvgIpc) is 3.35. The molecule has 2 heterocycles. The van der Waals surface area contributed by atoms with Crippen LogP contribution in [0.25, 0.3) is 0 Å². The molecule has 1 saturated carbocycles. The molecule has 2 aromatic rings. The molecule has 4 rings (SSSR count). The van der Waals surface area contributed by atoms with Crippen LogP contribution in [0, 0.1) is 0 Å². The second kappa shape index (κ2) is 8.04. The Morgan fingerprint density at radius 3 is 2.75 bits per heavy atom. The maximum atomic E-state index is 12.9. The van der Waals surface area contributed by atoms with Crippen molar-refractivity contribution >= 4 is 17.5 Å². The molecular formula is C21H26N4O3. The predicted octanol–water partition coefficient (Wildman–Crippen LogP) is 3.15. The zero-order chi connectivity index (χ0) is 19.5. The number of carbonyl (C=O) groups is 2. The average molecular weight is 382 g/mol. The highest BCUT2D eigenvalue weighted by Crippen LogP contribution is 2.24. The molecule has 0 unspecified atom stereocenters. The Balaban J connectivity index is 1.58. The van der Waals surface area contributed by atoms with Crippen molar-refractivity contribution in [2.75, 3.05) is 12.4 Å². The minimum atomic E-state index is -0.309. The zero-order valence-electron chi connectivity index (χ0n) is 16.2. The summed E-state index contributed by atoms with van der Waals surface area (Å²) in [5, 5.41) is 5.97. The first-order valence-corrected chi connectivity index (χ1v) is 10.0. The van der Waals surface area contributed by atoms with Gasteiger partial charge >= 0.3 is 0 Å². The minimum absolute atomic E-state index is 0.155. The van der Waals surface area contributed by atoms with Gasteiger partial charge in [0.25, 0.3) is 11.8 Å². The number of fused-ring (bicyclic) bond motifs is 1. The Kier molecular flexibility index (Phi) is 5.32. The normalized spacial score (nSPS) is 16.5. The summed E-state index contributed by atoms with van der Waals surface area (Å²) in [6, 6.07) is 7.41. The number of nitrogens with zero attached hydrogens (tertiary/aromatic N) is 2. The Morgan fingerprint density at radius 2 is 1.96 bits per heavy atom. The fourth-order valence-electron chi connectivity index (χ4n) is 4.11. The van der Waals surface area contributed by atoms with Gasteiger partial charge in [-0.1, -0.05) is 18.9 Å². The van der Waals surface area contributed by atoms with Gasteiger partial charge in [-0.25, -0.2) is 4.98 Å². The fourth-order valence-corrected chi connectivity index (χ4v) is 4.11.